The second-order valence-electron chi connectivity index (χ2n) is 5.21. The molecule has 0 saturated heterocycles. The van der Waals surface area contributed by atoms with Gasteiger partial charge in [0.1, 0.15) is 0 Å². The summed E-state index contributed by atoms with van der Waals surface area (Å²) in [5.41, 5.74) is 1.96. The van der Waals surface area contributed by atoms with Crippen LogP contribution in [-0.4, -0.2) is 25.0 Å². The summed E-state index contributed by atoms with van der Waals surface area (Å²) in [5.74, 6) is -0.715. The van der Waals surface area contributed by atoms with Gasteiger partial charge < -0.3 is 4.74 Å². The number of sulfonamides is 1. The van der Waals surface area contributed by atoms with Gasteiger partial charge in [0.25, 0.3) is 0 Å². The van der Waals surface area contributed by atoms with Crippen molar-refractivity contribution in [2.75, 3.05) is 6.61 Å². The van der Waals surface area contributed by atoms with Gasteiger partial charge in [0, 0.05) is 23.3 Å². The van der Waals surface area contributed by atoms with E-state index < -0.39 is 15.8 Å². The van der Waals surface area contributed by atoms with Gasteiger partial charge in [0.05, 0.1) is 29.4 Å². The summed E-state index contributed by atoms with van der Waals surface area (Å²) in [6.45, 7) is 1.95. The van der Waals surface area contributed by atoms with Crippen LogP contribution in [0.25, 0.3) is 11.3 Å². The highest BCUT2D eigenvalue weighted by atomic mass is 32.2. The number of nitrogens with zero attached hydrogens (tertiary/aromatic N) is 2. The highest BCUT2D eigenvalue weighted by Crippen LogP contribution is 2.24. The predicted octanol–water partition coefficient (Wildman–Crippen LogP) is 3.22. The van der Waals surface area contributed by atoms with Gasteiger partial charge in [-0.1, -0.05) is 0 Å². The van der Waals surface area contributed by atoms with Crippen molar-refractivity contribution >= 4 is 21.4 Å². The molecule has 0 aliphatic heterocycles. The highest BCUT2D eigenvalue weighted by Gasteiger charge is 2.18. The minimum atomic E-state index is -3.91. The Morgan fingerprint density at radius 3 is 2.73 bits per heavy atom. The van der Waals surface area contributed by atoms with Crippen LogP contribution in [0.3, 0.4) is 0 Å². The fourth-order valence-electron chi connectivity index (χ4n) is 2.30. The molecule has 136 valence electrons. The van der Waals surface area contributed by atoms with Crippen molar-refractivity contribution in [2.24, 2.45) is 0 Å². The fraction of sp³-hybridized carbons (Fsp3) is 0.176. The molecular weight excluding hydrogens is 377 g/mol. The van der Waals surface area contributed by atoms with Crippen LogP contribution in [-0.2, 0) is 16.6 Å². The third kappa shape index (κ3) is 4.06. The topological polar surface area (TPSA) is 81.2 Å². The van der Waals surface area contributed by atoms with E-state index in [4.69, 9.17) is 4.74 Å². The van der Waals surface area contributed by atoms with Crippen molar-refractivity contribution in [3.63, 3.8) is 0 Å². The maximum atomic E-state index is 13.9. The molecule has 6 nitrogen and oxygen atoms in total. The first-order valence-corrected chi connectivity index (χ1v) is 10.2. The van der Waals surface area contributed by atoms with E-state index in [1.807, 2.05) is 16.8 Å². The molecule has 0 bridgehead atoms. The van der Waals surface area contributed by atoms with Gasteiger partial charge in [-0.3, -0.25) is 9.97 Å². The fourth-order valence-corrected chi connectivity index (χ4v) is 3.94. The van der Waals surface area contributed by atoms with Crippen LogP contribution in [0.4, 0.5) is 4.39 Å². The molecule has 0 saturated carbocycles. The van der Waals surface area contributed by atoms with Crippen LogP contribution >= 0.6 is 11.3 Å². The first-order chi connectivity index (χ1) is 12.5. The molecule has 26 heavy (non-hydrogen) atoms. The number of hydrogen-bond donors (Lipinski definition) is 1. The summed E-state index contributed by atoms with van der Waals surface area (Å²) >= 11 is 1.51. The van der Waals surface area contributed by atoms with E-state index in [9.17, 15) is 12.8 Å². The molecule has 1 N–H and O–H groups in total. The van der Waals surface area contributed by atoms with Crippen LogP contribution in [0.5, 0.6) is 5.75 Å². The van der Waals surface area contributed by atoms with Crippen molar-refractivity contribution in [3.05, 3.63) is 58.9 Å². The number of benzene rings is 1. The number of hydrogen-bond acceptors (Lipinski definition) is 6. The van der Waals surface area contributed by atoms with E-state index >= 15 is 0 Å². The molecular formula is C17H16FN3O3S2. The highest BCUT2D eigenvalue weighted by molar-refractivity contribution is 7.89. The van der Waals surface area contributed by atoms with Crippen molar-refractivity contribution in [3.8, 4) is 17.0 Å². The molecule has 2 aromatic heterocycles. The zero-order valence-electron chi connectivity index (χ0n) is 13.8. The first kappa shape index (κ1) is 18.4. The summed E-state index contributed by atoms with van der Waals surface area (Å²) in [5, 5.41) is 3.81. The Hall–Kier alpha value is -2.36. The Labute approximate surface area is 154 Å². The predicted molar refractivity (Wildman–Crippen MR) is 96.9 cm³/mol. The molecule has 0 aliphatic rings. The molecule has 0 spiro atoms. The quantitative estimate of drug-likeness (QED) is 0.667. The van der Waals surface area contributed by atoms with Gasteiger partial charge >= 0.3 is 0 Å². The average Bonchev–Trinajstić information content (AvgIpc) is 3.16. The maximum absolute atomic E-state index is 13.9. The molecule has 0 atom stereocenters. The Balaban J connectivity index is 1.81. The van der Waals surface area contributed by atoms with Gasteiger partial charge in [-0.05, 0) is 36.6 Å². The SMILES string of the molecule is CCOc1ccc(S(=O)(=O)NCc2nccnc2-c2ccsc2)cc1F. The van der Waals surface area contributed by atoms with Gasteiger partial charge in [-0.2, -0.15) is 11.3 Å². The van der Waals surface area contributed by atoms with E-state index in [-0.39, 0.29) is 17.2 Å². The molecule has 2 heterocycles. The summed E-state index contributed by atoms with van der Waals surface area (Å²) in [6, 6.07) is 5.41. The summed E-state index contributed by atoms with van der Waals surface area (Å²) in [7, 11) is -3.91. The number of halogens is 1. The number of thiophene rings is 1. The second kappa shape index (κ2) is 7.90. The van der Waals surface area contributed by atoms with Crippen LogP contribution in [0.2, 0.25) is 0 Å². The lowest BCUT2D eigenvalue weighted by molar-refractivity contribution is 0.321. The molecule has 0 amide bonds. The molecule has 1 aromatic carbocycles. The molecule has 0 radical (unpaired) electrons. The van der Waals surface area contributed by atoms with E-state index in [0.29, 0.717) is 18.0 Å². The average molecular weight is 393 g/mol. The third-order valence-corrected chi connectivity index (χ3v) is 5.59. The summed E-state index contributed by atoms with van der Waals surface area (Å²) in [6.07, 6.45) is 3.04. The summed E-state index contributed by atoms with van der Waals surface area (Å²) < 4.78 is 46.4. The van der Waals surface area contributed by atoms with Crippen LogP contribution in [0.15, 0.2) is 52.3 Å². The van der Waals surface area contributed by atoms with Gasteiger partial charge in [-0.25, -0.2) is 17.5 Å². The van der Waals surface area contributed by atoms with E-state index in [0.717, 1.165) is 11.6 Å². The van der Waals surface area contributed by atoms with Crippen LogP contribution in [0, 0.1) is 5.82 Å². The molecule has 3 aromatic rings. The van der Waals surface area contributed by atoms with Crippen molar-refractivity contribution in [2.45, 2.75) is 18.4 Å². The monoisotopic (exact) mass is 393 g/mol. The summed E-state index contributed by atoms with van der Waals surface area (Å²) in [4.78, 5) is 8.30. The molecule has 9 heteroatoms. The molecule has 0 aliphatic carbocycles. The largest absolute Gasteiger partial charge is 0.491 e. The number of ether oxygens (including phenoxy) is 1. The molecule has 0 fully saturated rings. The Bertz CT molecular complexity index is 992. The van der Waals surface area contributed by atoms with Crippen molar-refractivity contribution in [1.82, 2.24) is 14.7 Å². The van der Waals surface area contributed by atoms with Crippen molar-refractivity contribution < 1.29 is 17.5 Å². The normalized spacial score (nSPS) is 11.5. The van der Waals surface area contributed by atoms with Crippen LogP contribution in [0.1, 0.15) is 12.6 Å². The minimum Gasteiger partial charge on any atom is -0.491 e. The molecule has 3 rings (SSSR count). The standard InChI is InChI=1S/C17H16FN3O3S2/c1-2-24-16-4-3-13(9-14(16)18)26(22,23)21-10-15-17(20-7-6-19-15)12-5-8-25-11-12/h3-9,11,21H,2,10H2,1H3. The molecule has 0 unspecified atom stereocenters. The lowest BCUT2D eigenvalue weighted by Crippen LogP contribution is -2.24. The lowest BCUT2D eigenvalue weighted by atomic mass is 10.2. The Morgan fingerprint density at radius 1 is 1.23 bits per heavy atom. The lowest BCUT2D eigenvalue weighted by Gasteiger charge is -2.10. The number of nitrogens with one attached hydrogen (secondary N) is 1. The van der Waals surface area contributed by atoms with Gasteiger partial charge in [0.2, 0.25) is 10.0 Å². The second-order valence-corrected chi connectivity index (χ2v) is 7.76. The van der Waals surface area contributed by atoms with E-state index in [2.05, 4.69) is 14.7 Å². The maximum Gasteiger partial charge on any atom is 0.241 e. The first-order valence-electron chi connectivity index (χ1n) is 7.75. The minimum absolute atomic E-state index is 0.0140. The van der Waals surface area contributed by atoms with Gasteiger partial charge in [-0.15, -0.1) is 0 Å². The van der Waals surface area contributed by atoms with E-state index in [1.54, 1.807) is 13.1 Å². The Morgan fingerprint density at radius 2 is 2.04 bits per heavy atom. The Kier molecular flexibility index (Phi) is 5.60. The zero-order chi connectivity index (χ0) is 18.6. The van der Waals surface area contributed by atoms with Crippen molar-refractivity contribution in [1.29, 1.82) is 0 Å². The zero-order valence-corrected chi connectivity index (χ0v) is 15.5. The van der Waals surface area contributed by atoms with E-state index in [1.165, 1.54) is 29.7 Å². The smallest absolute Gasteiger partial charge is 0.241 e. The van der Waals surface area contributed by atoms with Gasteiger partial charge in [0.15, 0.2) is 11.6 Å². The third-order valence-electron chi connectivity index (χ3n) is 3.51. The number of rotatable bonds is 7. The number of aromatic nitrogens is 2. The van der Waals surface area contributed by atoms with Crippen LogP contribution < -0.4 is 9.46 Å².